The van der Waals surface area contributed by atoms with Crippen molar-refractivity contribution >= 4 is 27.7 Å². The maximum absolute atomic E-state index is 11.8. The third-order valence-corrected chi connectivity index (χ3v) is 3.22. The number of amides is 1. The Morgan fingerprint density at radius 2 is 2.26 bits per heavy atom. The van der Waals surface area contributed by atoms with Gasteiger partial charge in [0.05, 0.1) is 6.07 Å². The van der Waals surface area contributed by atoms with Crippen molar-refractivity contribution in [2.45, 2.75) is 26.2 Å². The van der Waals surface area contributed by atoms with E-state index in [0.717, 1.165) is 24.6 Å². The topological polar surface area (TPSA) is 85.4 Å². The van der Waals surface area contributed by atoms with Gasteiger partial charge in [0.25, 0.3) is 5.91 Å². The molecule has 1 rings (SSSR count). The number of furan rings is 1. The van der Waals surface area contributed by atoms with Gasteiger partial charge in [0, 0.05) is 11.9 Å². The molecule has 6 nitrogen and oxygen atoms in total. The fraction of sp³-hybridized carbons (Fsp3) is 0.583. The molecule has 1 atom stereocenters. The first kappa shape index (κ1) is 15.7. The zero-order valence-electron chi connectivity index (χ0n) is 10.7. The molecule has 0 aromatic carbocycles. The average Bonchev–Trinajstić information content (AvgIpc) is 2.86. The Morgan fingerprint density at radius 1 is 1.53 bits per heavy atom. The van der Waals surface area contributed by atoms with E-state index in [-0.39, 0.29) is 5.76 Å². The molecule has 0 aliphatic rings. The van der Waals surface area contributed by atoms with Crippen LogP contribution in [0.3, 0.4) is 0 Å². The molecule has 1 aromatic rings. The second kappa shape index (κ2) is 7.93. The van der Waals surface area contributed by atoms with Crippen LogP contribution in [0.5, 0.6) is 0 Å². The van der Waals surface area contributed by atoms with Crippen molar-refractivity contribution < 1.29 is 14.1 Å². The fourth-order valence-corrected chi connectivity index (χ4v) is 2.43. The Bertz CT molecular complexity index is 427. The Morgan fingerprint density at radius 3 is 2.79 bits per heavy atom. The van der Waals surface area contributed by atoms with Gasteiger partial charge in [-0.25, -0.2) is 0 Å². The molecule has 1 aromatic heterocycles. The van der Waals surface area contributed by atoms with Crippen molar-refractivity contribution in [1.29, 1.82) is 0 Å². The molecule has 0 saturated carbocycles. The van der Waals surface area contributed by atoms with Gasteiger partial charge in [0.1, 0.15) is 4.92 Å². The highest BCUT2D eigenvalue weighted by molar-refractivity contribution is 9.09. The summed E-state index contributed by atoms with van der Waals surface area (Å²) in [5, 5.41) is 14.1. The number of nitro groups is 1. The van der Waals surface area contributed by atoms with Gasteiger partial charge in [0.15, 0.2) is 5.76 Å². The lowest BCUT2D eigenvalue weighted by molar-refractivity contribution is -0.402. The summed E-state index contributed by atoms with van der Waals surface area (Å²) in [6.45, 7) is 2.64. The van der Waals surface area contributed by atoms with E-state index in [1.165, 1.54) is 12.1 Å². The maximum atomic E-state index is 11.8. The molecule has 7 heteroatoms. The molecule has 0 fully saturated rings. The largest absolute Gasteiger partial charge is 0.433 e. The van der Waals surface area contributed by atoms with Gasteiger partial charge in [-0.05, 0) is 24.8 Å². The molecule has 0 spiro atoms. The van der Waals surface area contributed by atoms with Crippen LogP contribution in [0.1, 0.15) is 36.7 Å². The van der Waals surface area contributed by atoms with Crippen molar-refractivity contribution in [2.75, 3.05) is 11.9 Å². The number of carbonyl (C=O) groups excluding carboxylic acids is 1. The van der Waals surface area contributed by atoms with Crippen LogP contribution in [0.4, 0.5) is 5.88 Å². The zero-order chi connectivity index (χ0) is 14.3. The summed E-state index contributed by atoms with van der Waals surface area (Å²) in [5.74, 6) is -0.460. The van der Waals surface area contributed by atoms with Crippen molar-refractivity contribution in [3.05, 3.63) is 28.0 Å². The van der Waals surface area contributed by atoms with Crippen LogP contribution in [0.15, 0.2) is 16.5 Å². The minimum atomic E-state index is -0.665. The first-order chi connectivity index (χ1) is 9.08. The van der Waals surface area contributed by atoms with Crippen molar-refractivity contribution in [3.63, 3.8) is 0 Å². The molecule has 0 radical (unpaired) electrons. The van der Waals surface area contributed by atoms with Crippen LogP contribution in [-0.4, -0.2) is 22.7 Å². The van der Waals surface area contributed by atoms with E-state index in [2.05, 4.69) is 28.2 Å². The molecular weight excluding hydrogens is 316 g/mol. The molecule has 0 bridgehead atoms. The second-order valence-corrected chi connectivity index (χ2v) is 5.03. The Kier molecular flexibility index (Phi) is 6.55. The van der Waals surface area contributed by atoms with Crippen LogP contribution in [0.25, 0.3) is 0 Å². The molecule has 1 heterocycles. The number of carbonyl (C=O) groups is 1. The van der Waals surface area contributed by atoms with Crippen LogP contribution in [0.2, 0.25) is 0 Å². The van der Waals surface area contributed by atoms with Crippen LogP contribution in [-0.2, 0) is 0 Å². The van der Waals surface area contributed by atoms with Gasteiger partial charge < -0.3 is 9.73 Å². The Hall–Kier alpha value is -1.37. The van der Waals surface area contributed by atoms with E-state index in [4.69, 9.17) is 4.42 Å². The minimum Gasteiger partial charge on any atom is -0.395 e. The van der Waals surface area contributed by atoms with Gasteiger partial charge in [-0.2, -0.15) is 0 Å². The number of rotatable bonds is 8. The van der Waals surface area contributed by atoms with Crippen molar-refractivity contribution in [3.8, 4) is 0 Å². The quantitative estimate of drug-likeness (QED) is 0.450. The second-order valence-electron chi connectivity index (χ2n) is 4.24. The fourth-order valence-electron chi connectivity index (χ4n) is 1.78. The number of nitrogens with zero attached hydrogens (tertiary/aromatic N) is 1. The van der Waals surface area contributed by atoms with Crippen LogP contribution in [0, 0.1) is 16.0 Å². The molecule has 0 saturated heterocycles. The summed E-state index contributed by atoms with van der Waals surface area (Å²) in [7, 11) is 0. The lowest BCUT2D eigenvalue weighted by atomic mass is 10.0. The molecule has 0 aliphatic carbocycles. The molecular formula is C12H17BrN2O4. The molecule has 1 unspecified atom stereocenters. The standard InChI is InChI=1S/C12H17BrN2O4/c1-2-3-9(6-7-13)8-14-12(16)10-4-5-11(19-10)15(17)18/h4-5,9H,2-3,6-8H2,1H3,(H,14,16). The summed E-state index contributed by atoms with van der Waals surface area (Å²) in [6.07, 6.45) is 3.07. The number of hydrogen-bond donors (Lipinski definition) is 1. The summed E-state index contributed by atoms with van der Waals surface area (Å²) in [5.41, 5.74) is 0. The van der Waals surface area contributed by atoms with Crippen LogP contribution < -0.4 is 5.32 Å². The summed E-state index contributed by atoms with van der Waals surface area (Å²) < 4.78 is 4.84. The lowest BCUT2D eigenvalue weighted by Crippen LogP contribution is -2.29. The van der Waals surface area contributed by atoms with Crippen molar-refractivity contribution in [2.24, 2.45) is 5.92 Å². The van der Waals surface area contributed by atoms with E-state index in [1.54, 1.807) is 0 Å². The number of halogens is 1. The predicted molar refractivity (Wildman–Crippen MR) is 74.5 cm³/mol. The van der Waals surface area contributed by atoms with Gasteiger partial charge >= 0.3 is 5.88 Å². The van der Waals surface area contributed by atoms with E-state index in [0.29, 0.717) is 12.5 Å². The first-order valence-electron chi connectivity index (χ1n) is 6.16. The minimum absolute atomic E-state index is 0.0270. The maximum Gasteiger partial charge on any atom is 0.433 e. The molecule has 1 N–H and O–H groups in total. The summed E-state index contributed by atoms with van der Waals surface area (Å²) in [6, 6.07) is 2.49. The number of hydrogen-bond acceptors (Lipinski definition) is 4. The zero-order valence-corrected chi connectivity index (χ0v) is 12.3. The normalized spacial score (nSPS) is 12.1. The highest BCUT2D eigenvalue weighted by Crippen LogP contribution is 2.16. The molecule has 106 valence electrons. The number of nitrogens with one attached hydrogen (secondary N) is 1. The van der Waals surface area contributed by atoms with Gasteiger partial charge in [0.2, 0.25) is 0 Å². The molecule has 1 amide bonds. The SMILES string of the molecule is CCCC(CCBr)CNC(=O)c1ccc([N+](=O)[O-])o1. The van der Waals surface area contributed by atoms with Gasteiger partial charge in [-0.1, -0.05) is 29.3 Å². The average molecular weight is 333 g/mol. The predicted octanol–water partition coefficient (Wildman–Crippen LogP) is 3.12. The molecule has 19 heavy (non-hydrogen) atoms. The third kappa shape index (κ3) is 5.02. The first-order valence-corrected chi connectivity index (χ1v) is 7.29. The van der Waals surface area contributed by atoms with E-state index in [1.807, 2.05) is 0 Å². The lowest BCUT2D eigenvalue weighted by Gasteiger charge is -2.14. The summed E-state index contributed by atoms with van der Waals surface area (Å²) in [4.78, 5) is 21.5. The van der Waals surface area contributed by atoms with E-state index < -0.39 is 16.7 Å². The van der Waals surface area contributed by atoms with E-state index in [9.17, 15) is 14.9 Å². The van der Waals surface area contributed by atoms with Gasteiger partial charge in [-0.15, -0.1) is 0 Å². The Balaban J connectivity index is 2.51. The van der Waals surface area contributed by atoms with Gasteiger partial charge in [-0.3, -0.25) is 14.9 Å². The summed E-state index contributed by atoms with van der Waals surface area (Å²) >= 11 is 3.39. The third-order valence-electron chi connectivity index (χ3n) is 2.76. The number of alkyl halides is 1. The molecule has 0 aliphatic heterocycles. The Labute approximate surface area is 119 Å². The highest BCUT2D eigenvalue weighted by Gasteiger charge is 2.18. The smallest absolute Gasteiger partial charge is 0.395 e. The highest BCUT2D eigenvalue weighted by atomic mass is 79.9. The van der Waals surface area contributed by atoms with Crippen LogP contribution >= 0.6 is 15.9 Å². The monoisotopic (exact) mass is 332 g/mol. The van der Waals surface area contributed by atoms with Crippen molar-refractivity contribution in [1.82, 2.24) is 5.32 Å². The van der Waals surface area contributed by atoms with E-state index >= 15 is 0 Å².